The fourth-order valence-corrected chi connectivity index (χ4v) is 4.31. The SMILES string of the molecule is CCOc1c(Br)cc(/C=C2\C(=O)NC(=O)N(c3ccc(Br)cc3)C2=O)cc1Br. The summed E-state index contributed by atoms with van der Waals surface area (Å²) in [6.07, 6.45) is 1.43. The number of halogens is 3. The molecule has 1 aliphatic rings. The lowest BCUT2D eigenvalue weighted by Gasteiger charge is -2.26. The van der Waals surface area contributed by atoms with Crippen molar-refractivity contribution in [1.82, 2.24) is 5.32 Å². The van der Waals surface area contributed by atoms with Gasteiger partial charge in [0.05, 0.1) is 21.2 Å². The second kappa shape index (κ2) is 8.59. The first-order chi connectivity index (χ1) is 13.3. The number of nitrogens with zero attached hydrogens (tertiary/aromatic N) is 1. The zero-order valence-corrected chi connectivity index (χ0v) is 19.2. The van der Waals surface area contributed by atoms with E-state index < -0.39 is 17.8 Å². The van der Waals surface area contributed by atoms with Crippen LogP contribution in [0.2, 0.25) is 0 Å². The zero-order valence-electron chi connectivity index (χ0n) is 14.5. The van der Waals surface area contributed by atoms with E-state index in [0.29, 0.717) is 32.6 Å². The van der Waals surface area contributed by atoms with Crippen molar-refractivity contribution >= 4 is 77.4 Å². The second-order valence-corrected chi connectivity index (χ2v) is 8.31. The Bertz CT molecular complexity index is 980. The van der Waals surface area contributed by atoms with Gasteiger partial charge in [0.1, 0.15) is 11.3 Å². The summed E-state index contributed by atoms with van der Waals surface area (Å²) in [5.74, 6) is -0.822. The Balaban J connectivity index is 2.00. The maximum absolute atomic E-state index is 12.9. The van der Waals surface area contributed by atoms with Gasteiger partial charge >= 0.3 is 6.03 Å². The van der Waals surface area contributed by atoms with E-state index in [1.807, 2.05) is 6.92 Å². The summed E-state index contributed by atoms with van der Waals surface area (Å²) in [6, 6.07) is 9.29. The van der Waals surface area contributed by atoms with Crippen LogP contribution in [-0.4, -0.2) is 24.5 Å². The van der Waals surface area contributed by atoms with Crippen LogP contribution >= 0.6 is 47.8 Å². The highest BCUT2D eigenvalue weighted by Gasteiger charge is 2.36. The topological polar surface area (TPSA) is 75.7 Å². The third kappa shape index (κ3) is 4.21. The Morgan fingerprint density at radius 3 is 2.21 bits per heavy atom. The molecule has 1 heterocycles. The molecule has 0 aromatic heterocycles. The Morgan fingerprint density at radius 2 is 1.64 bits per heavy atom. The Kier molecular flexibility index (Phi) is 6.36. The van der Waals surface area contributed by atoms with Crippen molar-refractivity contribution in [2.24, 2.45) is 0 Å². The first-order valence-corrected chi connectivity index (χ1v) is 10.5. The number of carbonyl (C=O) groups is 3. The van der Waals surface area contributed by atoms with Crippen molar-refractivity contribution < 1.29 is 19.1 Å². The number of rotatable bonds is 4. The summed E-state index contributed by atoms with van der Waals surface area (Å²) in [7, 11) is 0. The summed E-state index contributed by atoms with van der Waals surface area (Å²) in [5, 5.41) is 2.20. The molecule has 0 radical (unpaired) electrons. The zero-order chi connectivity index (χ0) is 20.4. The average molecular weight is 573 g/mol. The predicted molar refractivity (Wildman–Crippen MR) is 116 cm³/mol. The molecule has 1 aliphatic heterocycles. The highest BCUT2D eigenvalue weighted by Crippen LogP contribution is 2.35. The molecule has 6 nitrogen and oxygen atoms in total. The number of hydrogen-bond donors (Lipinski definition) is 1. The molecule has 0 atom stereocenters. The number of amides is 4. The van der Waals surface area contributed by atoms with Crippen molar-refractivity contribution in [3.05, 3.63) is 61.0 Å². The van der Waals surface area contributed by atoms with Crippen LogP contribution in [0.1, 0.15) is 12.5 Å². The minimum absolute atomic E-state index is 0.148. The predicted octanol–water partition coefficient (Wildman–Crippen LogP) is 5.04. The first-order valence-electron chi connectivity index (χ1n) is 8.10. The van der Waals surface area contributed by atoms with E-state index >= 15 is 0 Å². The molecule has 0 aliphatic carbocycles. The van der Waals surface area contributed by atoms with Crippen LogP contribution in [0.5, 0.6) is 5.75 Å². The molecule has 4 amide bonds. The van der Waals surface area contributed by atoms with Gasteiger partial charge in [-0.1, -0.05) is 15.9 Å². The summed E-state index contributed by atoms with van der Waals surface area (Å²) in [6.45, 7) is 2.36. The van der Waals surface area contributed by atoms with Crippen LogP contribution in [0, 0.1) is 0 Å². The normalized spacial score (nSPS) is 15.8. The lowest BCUT2D eigenvalue weighted by molar-refractivity contribution is -0.122. The van der Waals surface area contributed by atoms with Crippen LogP contribution in [0.3, 0.4) is 0 Å². The fourth-order valence-electron chi connectivity index (χ4n) is 2.59. The second-order valence-electron chi connectivity index (χ2n) is 5.68. The van der Waals surface area contributed by atoms with Crippen molar-refractivity contribution in [2.45, 2.75) is 6.92 Å². The molecule has 0 saturated carbocycles. The van der Waals surface area contributed by atoms with Crippen molar-refractivity contribution in [2.75, 3.05) is 11.5 Å². The molecule has 28 heavy (non-hydrogen) atoms. The van der Waals surface area contributed by atoms with Crippen molar-refractivity contribution in [3.63, 3.8) is 0 Å². The Labute approximate surface area is 186 Å². The standard InChI is InChI=1S/C19H13Br3N2O4/c1-2-28-16-14(21)8-10(9-15(16)22)7-13-17(25)23-19(27)24(18(13)26)12-5-3-11(20)4-6-12/h3-9H,2H2,1H3,(H,23,25,27)/b13-7+. The van der Waals surface area contributed by atoms with Crippen molar-refractivity contribution in [3.8, 4) is 5.75 Å². The Morgan fingerprint density at radius 1 is 1.04 bits per heavy atom. The van der Waals surface area contributed by atoms with Crippen LogP contribution in [0.4, 0.5) is 10.5 Å². The molecule has 0 unspecified atom stereocenters. The van der Waals surface area contributed by atoms with Gasteiger partial charge < -0.3 is 4.74 Å². The molecular formula is C19H13Br3N2O4. The van der Waals surface area contributed by atoms with E-state index in [1.165, 1.54) is 6.08 Å². The number of hydrogen-bond acceptors (Lipinski definition) is 4. The minimum Gasteiger partial charge on any atom is -0.492 e. The number of barbiturate groups is 1. The summed E-state index contributed by atoms with van der Waals surface area (Å²) in [5.41, 5.74) is 0.800. The largest absolute Gasteiger partial charge is 0.492 e. The minimum atomic E-state index is -0.788. The van der Waals surface area contributed by atoms with Crippen LogP contribution < -0.4 is 15.0 Å². The third-order valence-corrected chi connectivity index (χ3v) is 5.51. The molecule has 1 saturated heterocycles. The van der Waals surface area contributed by atoms with Crippen LogP contribution in [0.15, 0.2) is 55.4 Å². The first kappa shape index (κ1) is 20.8. The smallest absolute Gasteiger partial charge is 0.335 e. The summed E-state index contributed by atoms with van der Waals surface area (Å²) < 4.78 is 7.67. The van der Waals surface area contributed by atoms with Gasteiger partial charge in [-0.25, -0.2) is 9.69 Å². The molecule has 3 rings (SSSR count). The quantitative estimate of drug-likeness (QED) is 0.411. The molecule has 2 aromatic rings. The van der Waals surface area contributed by atoms with Crippen LogP contribution in [-0.2, 0) is 9.59 Å². The van der Waals surface area contributed by atoms with Crippen molar-refractivity contribution in [1.29, 1.82) is 0 Å². The Hall–Kier alpha value is -1.97. The maximum Gasteiger partial charge on any atom is 0.335 e. The number of imide groups is 2. The molecule has 1 N–H and O–H groups in total. The van der Waals surface area contributed by atoms with Crippen LogP contribution in [0.25, 0.3) is 6.08 Å². The highest BCUT2D eigenvalue weighted by molar-refractivity contribution is 9.11. The summed E-state index contributed by atoms with van der Waals surface area (Å²) in [4.78, 5) is 38.3. The molecule has 0 spiro atoms. The highest BCUT2D eigenvalue weighted by atomic mass is 79.9. The van der Waals surface area contributed by atoms with E-state index in [4.69, 9.17) is 4.74 Å². The van der Waals surface area contributed by atoms with E-state index in [1.54, 1.807) is 36.4 Å². The number of ether oxygens (including phenoxy) is 1. The van der Waals surface area contributed by atoms with Gasteiger partial charge in [0.2, 0.25) is 0 Å². The molecule has 0 bridgehead atoms. The molecule has 1 fully saturated rings. The average Bonchev–Trinajstić information content (AvgIpc) is 2.63. The number of anilines is 1. The van der Waals surface area contributed by atoms with E-state index in [-0.39, 0.29) is 5.57 Å². The molecular weight excluding hydrogens is 560 g/mol. The lowest BCUT2D eigenvalue weighted by Crippen LogP contribution is -2.54. The fraction of sp³-hybridized carbons (Fsp3) is 0.105. The monoisotopic (exact) mass is 570 g/mol. The summed E-state index contributed by atoms with van der Waals surface area (Å²) >= 11 is 10.1. The van der Waals surface area contributed by atoms with Gasteiger partial charge in [0.25, 0.3) is 11.8 Å². The lowest BCUT2D eigenvalue weighted by atomic mass is 10.1. The number of benzene rings is 2. The van der Waals surface area contributed by atoms with Gasteiger partial charge in [-0.3, -0.25) is 14.9 Å². The molecule has 144 valence electrons. The van der Waals surface area contributed by atoms with E-state index in [0.717, 1.165) is 9.37 Å². The van der Waals surface area contributed by atoms with E-state index in [2.05, 4.69) is 53.1 Å². The van der Waals surface area contributed by atoms with E-state index in [9.17, 15) is 14.4 Å². The third-order valence-electron chi connectivity index (χ3n) is 3.81. The van der Waals surface area contributed by atoms with Gasteiger partial charge in [0, 0.05) is 4.47 Å². The number of carbonyl (C=O) groups excluding carboxylic acids is 3. The molecule has 9 heteroatoms. The van der Waals surface area contributed by atoms with Gasteiger partial charge in [-0.15, -0.1) is 0 Å². The van der Waals surface area contributed by atoms with Gasteiger partial charge in [-0.05, 0) is 86.8 Å². The maximum atomic E-state index is 12.9. The van der Waals surface area contributed by atoms with Gasteiger partial charge in [0.15, 0.2) is 0 Å². The number of urea groups is 1. The van der Waals surface area contributed by atoms with Gasteiger partial charge in [-0.2, -0.15) is 0 Å². The molecule has 2 aromatic carbocycles. The number of nitrogens with one attached hydrogen (secondary N) is 1.